The van der Waals surface area contributed by atoms with E-state index in [4.69, 9.17) is 5.84 Å². The molecule has 108 valence electrons. The fraction of sp³-hybridized carbons (Fsp3) is 0.462. The average molecular weight is 292 g/mol. The Balaban J connectivity index is 2.18. The first kappa shape index (κ1) is 14.7. The van der Waals surface area contributed by atoms with Crippen LogP contribution in [-0.4, -0.2) is 15.0 Å². The van der Waals surface area contributed by atoms with Crippen LogP contribution in [0.2, 0.25) is 0 Å². The molecule has 20 heavy (non-hydrogen) atoms. The third-order valence-electron chi connectivity index (χ3n) is 2.88. The van der Waals surface area contributed by atoms with Crippen LogP contribution in [0.3, 0.4) is 0 Å². The molecular weight excluding hydrogens is 272 g/mol. The van der Waals surface area contributed by atoms with Gasteiger partial charge in [-0.15, -0.1) is 11.3 Å². The summed E-state index contributed by atoms with van der Waals surface area (Å²) in [6, 6.07) is 0. The Hall–Kier alpha value is -1.73. The van der Waals surface area contributed by atoms with Crippen molar-refractivity contribution >= 4 is 23.0 Å². The molecule has 2 aromatic heterocycles. The maximum atomic E-state index is 5.52. The summed E-state index contributed by atoms with van der Waals surface area (Å²) in [4.78, 5) is 14.5. The zero-order valence-electron chi connectivity index (χ0n) is 12.0. The van der Waals surface area contributed by atoms with E-state index in [1.165, 1.54) is 4.88 Å². The summed E-state index contributed by atoms with van der Waals surface area (Å²) in [7, 11) is 0. The van der Waals surface area contributed by atoms with E-state index < -0.39 is 0 Å². The minimum Gasteiger partial charge on any atom is -0.363 e. The number of anilines is 2. The van der Waals surface area contributed by atoms with E-state index in [0.29, 0.717) is 12.4 Å². The molecule has 0 saturated carbocycles. The normalized spacial score (nSPS) is 10.6. The molecule has 7 heteroatoms. The van der Waals surface area contributed by atoms with Gasteiger partial charge in [0.05, 0.1) is 6.54 Å². The van der Waals surface area contributed by atoms with Crippen molar-refractivity contribution in [3.63, 3.8) is 0 Å². The largest absolute Gasteiger partial charge is 0.363 e. The Kier molecular flexibility index (Phi) is 4.86. The number of hydrazine groups is 1. The predicted octanol–water partition coefficient (Wildman–Crippen LogP) is 2.40. The number of nitrogens with one attached hydrogen (secondary N) is 2. The van der Waals surface area contributed by atoms with Gasteiger partial charge in [-0.3, -0.25) is 0 Å². The lowest BCUT2D eigenvalue weighted by atomic mass is 10.2. The van der Waals surface area contributed by atoms with Gasteiger partial charge in [-0.1, -0.05) is 6.92 Å². The molecule has 0 unspecified atom stereocenters. The van der Waals surface area contributed by atoms with Gasteiger partial charge in [0.1, 0.15) is 22.5 Å². The smallest absolute Gasteiger partial charge is 0.148 e. The molecule has 0 aliphatic heterocycles. The van der Waals surface area contributed by atoms with Crippen LogP contribution < -0.4 is 16.6 Å². The topological polar surface area (TPSA) is 88.8 Å². The summed E-state index contributed by atoms with van der Waals surface area (Å²) in [5.41, 5.74) is 3.55. The summed E-state index contributed by atoms with van der Waals surface area (Å²) in [5, 5.41) is 4.36. The molecule has 0 aromatic carbocycles. The van der Waals surface area contributed by atoms with Gasteiger partial charge < -0.3 is 10.7 Å². The number of nitrogen functional groups attached to an aromatic ring is 1. The minimum atomic E-state index is 0.659. The summed E-state index contributed by atoms with van der Waals surface area (Å²) in [6.45, 7) is 6.75. The molecule has 0 aliphatic rings. The monoisotopic (exact) mass is 292 g/mol. The van der Waals surface area contributed by atoms with Gasteiger partial charge in [-0.05, 0) is 20.3 Å². The van der Waals surface area contributed by atoms with E-state index in [-0.39, 0.29) is 0 Å². The van der Waals surface area contributed by atoms with E-state index >= 15 is 0 Å². The molecule has 0 saturated heterocycles. The third-order valence-corrected chi connectivity index (χ3v) is 3.79. The second-order valence-corrected chi connectivity index (χ2v) is 5.89. The fourth-order valence-electron chi connectivity index (χ4n) is 1.85. The number of thiazole rings is 1. The van der Waals surface area contributed by atoms with Gasteiger partial charge in [-0.25, -0.2) is 20.8 Å². The molecule has 0 fully saturated rings. The van der Waals surface area contributed by atoms with E-state index in [1.807, 2.05) is 20.0 Å². The quantitative estimate of drug-likeness (QED) is 0.559. The molecule has 2 rings (SSSR count). The zero-order chi connectivity index (χ0) is 14.5. The van der Waals surface area contributed by atoms with Crippen molar-refractivity contribution < 1.29 is 0 Å². The Morgan fingerprint density at radius 2 is 2.00 bits per heavy atom. The maximum Gasteiger partial charge on any atom is 0.148 e. The second kappa shape index (κ2) is 6.62. The highest BCUT2D eigenvalue weighted by Gasteiger charge is 2.10. The van der Waals surface area contributed by atoms with Gasteiger partial charge in [0, 0.05) is 23.1 Å². The van der Waals surface area contributed by atoms with Crippen molar-refractivity contribution in [3.8, 4) is 0 Å². The van der Waals surface area contributed by atoms with Crippen LogP contribution in [0.15, 0.2) is 6.20 Å². The Morgan fingerprint density at radius 1 is 1.25 bits per heavy atom. The van der Waals surface area contributed by atoms with Gasteiger partial charge in [0.15, 0.2) is 0 Å². The van der Waals surface area contributed by atoms with Crippen LogP contribution >= 0.6 is 11.3 Å². The van der Waals surface area contributed by atoms with Crippen LogP contribution in [0.25, 0.3) is 0 Å². The first-order valence-corrected chi connectivity index (χ1v) is 7.45. The number of aryl methyl sites for hydroxylation is 2. The van der Waals surface area contributed by atoms with Crippen molar-refractivity contribution in [1.29, 1.82) is 0 Å². The van der Waals surface area contributed by atoms with Crippen LogP contribution in [-0.2, 0) is 13.0 Å². The first-order chi connectivity index (χ1) is 9.63. The Morgan fingerprint density at radius 3 is 2.60 bits per heavy atom. The SMILES string of the molecule is CCCc1nc(NN)c(C)c(NCc2ncc(C)s2)n1. The van der Waals surface area contributed by atoms with Crippen molar-refractivity contribution in [2.75, 3.05) is 10.7 Å². The van der Waals surface area contributed by atoms with Gasteiger partial charge in [0.25, 0.3) is 0 Å². The molecule has 0 spiro atoms. The summed E-state index contributed by atoms with van der Waals surface area (Å²) in [5.74, 6) is 7.79. The van der Waals surface area contributed by atoms with Gasteiger partial charge in [-0.2, -0.15) is 0 Å². The number of rotatable bonds is 6. The lowest BCUT2D eigenvalue weighted by molar-refractivity contribution is 0.830. The highest BCUT2D eigenvalue weighted by Crippen LogP contribution is 2.21. The highest BCUT2D eigenvalue weighted by molar-refractivity contribution is 7.11. The highest BCUT2D eigenvalue weighted by atomic mass is 32.1. The van der Waals surface area contributed by atoms with E-state index in [0.717, 1.165) is 35.1 Å². The third kappa shape index (κ3) is 3.43. The molecule has 2 heterocycles. The number of nitrogens with two attached hydrogens (primary N) is 1. The standard InChI is InChI=1S/C13H20N6S/c1-4-5-10-17-12(9(3)13(18-10)19-14)16-7-11-15-6-8(2)20-11/h6H,4-5,7,14H2,1-3H3,(H2,16,17,18,19). The average Bonchev–Trinajstić information content (AvgIpc) is 2.85. The lowest BCUT2D eigenvalue weighted by Gasteiger charge is -2.12. The van der Waals surface area contributed by atoms with E-state index in [9.17, 15) is 0 Å². The minimum absolute atomic E-state index is 0.659. The summed E-state index contributed by atoms with van der Waals surface area (Å²) >= 11 is 1.68. The van der Waals surface area contributed by atoms with Crippen molar-refractivity contribution in [3.05, 3.63) is 27.5 Å². The predicted molar refractivity (Wildman–Crippen MR) is 82.8 cm³/mol. The molecule has 0 radical (unpaired) electrons. The number of hydrogen-bond acceptors (Lipinski definition) is 7. The molecular formula is C13H20N6S. The van der Waals surface area contributed by atoms with E-state index in [1.54, 1.807) is 11.3 Å². The number of hydrogen-bond donors (Lipinski definition) is 3. The van der Waals surface area contributed by atoms with Gasteiger partial charge in [0.2, 0.25) is 0 Å². The second-order valence-electron chi connectivity index (χ2n) is 4.57. The van der Waals surface area contributed by atoms with Crippen molar-refractivity contribution in [2.24, 2.45) is 5.84 Å². The molecule has 6 nitrogen and oxygen atoms in total. The number of nitrogens with zero attached hydrogens (tertiary/aromatic N) is 3. The zero-order valence-corrected chi connectivity index (χ0v) is 12.8. The van der Waals surface area contributed by atoms with Crippen LogP contribution in [0.4, 0.5) is 11.6 Å². The summed E-state index contributed by atoms with van der Waals surface area (Å²) in [6.07, 6.45) is 3.71. The summed E-state index contributed by atoms with van der Waals surface area (Å²) < 4.78 is 0. The fourth-order valence-corrected chi connectivity index (χ4v) is 2.58. The van der Waals surface area contributed by atoms with Gasteiger partial charge >= 0.3 is 0 Å². The Bertz CT molecular complexity index is 580. The first-order valence-electron chi connectivity index (χ1n) is 6.63. The molecule has 0 aliphatic carbocycles. The molecule has 0 atom stereocenters. The molecule has 4 N–H and O–H groups in total. The number of aromatic nitrogens is 3. The van der Waals surface area contributed by atoms with Crippen LogP contribution in [0.5, 0.6) is 0 Å². The maximum absolute atomic E-state index is 5.52. The molecule has 0 bridgehead atoms. The Labute approximate surface area is 122 Å². The van der Waals surface area contributed by atoms with Crippen molar-refractivity contribution in [1.82, 2.24) is 15.0 Å². The van der Waals surface area contributed by atoms with E-state index in [2.05, 4.69) is 32.6 Å². The molecule has 2 aromatic rings. The van der Waals surface area contributed by atoms with Crippen LogP contribution in [0.1, 0.15) is 34.6 Å². The van der Waals surface area contributed by atoms with Crippen molar-refractivity contribution in [2.45, 2.75) is 40.2 Å². The van der Waals surface area contributed by atoms with Crippen LogP contribution in [0, 0.1) is 13.8 Å². The lowest BCUT2D eigenvalue weighted by Crippen LogP contribution is -2.15. The molecule has 0 amide bonds.